The highest BCUT2D eigenvalue weighted by atomic mass is 16.1. The van der Waals surface area contributed by atoms with E-state index in [1.165, 1.54) is 0 Å². The second-order valence-electron chi connectivity index (χ2n) is 4.51. The monoisotopic (exact) mass is 286 g/mol. The highest BCUT2D eigenvalue weighted by Gasteiger charge is 2.08. The summed E-state index contributed by atoms with van der Waals surface area (Å²) < 4.78 is 0. The molecule has 2 N–H and O–H groups in total. The van der Waals surface area contributed by atoms with Gasteiger partial charge in [0.05, 0.1) is 12.2 Å². The Morgan fingerprint density at radius 3 is 2.76 bits per heavy atom. The summed E-state index contributed by atoms with van der Waals surface area (Å²) in [5.74, 6) is 1.06. The molecular weight excluding hydrogens is 268 g/mol. The van der Waals surface area contributed by atoms with Gasteiger partial charge in [0.25, 0.3) is 5.91 Å². The molecule has 0 saturated carbocycles. The van der Waals surface area contributed by atoms with Gasteiger partial charge < -0.3 is 10.6 Å². The third kappa shape index (κ3) is 4.48. The minimum absolute atomic E-state index is 0.277. The molecule has 7 nitrogen and oxygen atoms in total. The molecule has 0 aromatic carbocycles. The summed E-state index contributed by atoms with van der Waals surface area (Å²) >= 11 is 0. The number of hydrogen-bond donors (Lipinski definition) is 2. The van der Waals surface area contributed by atoms with E-state index in [0.717, 1.165) is 18.7 Å². The Labute approximate surface area is 123 Å². The van der Waals surface area contributed by atoms with Crippen molar-refractivity contribution in [1.82, 2.24) is 25.5 Å². The number of anilines is 1. The van der Waals surface area contributed by atoms with Crippen LogP contribution >= 0.6 is 0 Å². The molecule has 0 saturated heterocycles. The van der Waals surface area contributed by atoms with E-state index in [1.54, 1.807) is 31.3 Å². The number of nitrogens with one attached hydrogen (secondary N) is 2. The van der Waals surface area contributed by atoms with Crippen LogP contribution < -0.4 is 10.6 Å². The first kappa shape index (κ1) is 14.8. The predicted molar refractivity (Wildman–Crippen MR) is 78.8 cm³/mol. The number of carbonyl (C=O) groups excluding carboxylic acids is 1. The lowest BCUT2D eigenvalue weighted by Crippen LogP contribution is -2.24. The van der Waals surface area contributed by atoms with Gasteiger partial charge in [0.1, 0.15) is 11.6 Å². The zero-order chi connectivity index (χ0) is 15.1. The number of rotatable bonds is 6. The van der Waals surface area contributed by atoms with E-state index < -0.39 is 0 Å². The van der Waals surface area contributed by atoms with Crippen molar-refractivity contribution < 1.29 is 4.79 Å². The van der Waals surface area contributed by atoms with Gasteiger partial charge in [-0.05, 0) is 31.5 Å². The van der Waals surface area contributed by atoms with E-state index in [-0.39, 0.29) is 11.6 Å². The van der Waals surface area contributed by atoms with Crippen LogP contribution in [0.5, 0.6) is 0 Å². The van der Waals surface area contributed by atoms with Crippen LogP contribution in [0.3, 0.4) is 0 Å². The van der Waals surface area contributed by atoms with Crippen LogP contribution in [0.1, 0.15) is 35.4 Å². The van der Waals surface area contributed by atoms with E-state index in [9.17, 15) is 4.79 Å². The molecule has 0 bridgehead atoms. The maximum atomic E-state index is 12.0. The maximum absolute atomic E-state index is 12.0. The molecule has 0 aliphatic rings. The SMILES string of the molecule is CCCNc1ccc(C(=O)NCc2ccnc(C)n2)nn1. The second kappa shape index (κ2) is 7.28. The number of aromatic nitrogens is 4. The molecule has 2 heterocycles. The zero-order valence-corrected chi connectivity index (χ0v) is 12.1. The summed E-state index contributed by atoms with van der Waals surface area (Å²) in [5, 5.41) is 13.7. The van der Waals surface area contributed by atoms with Gasteiger partial charge in [-0.25, -0.2) is 9.97 Å². The van der Waals surface area contributed by atoms with Gasteiger partial charge >= 0.3 is 0 Å². The molecule has 1 amide bonds. The van der Waals surface area contributed by atoms with Crippen molar-refractivity contribution >= 4 is 11.7 Å². The van der Waals surface area contributed by atoms with Crippen LogP contribution in [0.4, 0.5) is 5.82 Å². The summed E-state index contributed by atoms with van der Waals surface area (Å²) in [7, 11) is 0. The Hall–Kier alpha value is -2.57. The van der Waals surface area contributed by atoms with E-state index >= 15 is 0 Å². The van der Waals surface area contributed by atoms with Crippen molar-refractivity contribution in [2.75, 3.05) is 11.9 Å². The quantitative estimate of drug-likeness (QED) is 0.832. The van der Waals surface area contributed by atoms with Crippen LogP contribution in [0.25, 0.3) is 0 Å². The minimum Gasteiger partial charge on any atom is -0.369 e. The Balaban J connectivity index is 1.91. The smallest absolute Gasteiger partial charge is 0.272 e. The number of hydrogen-bond acceptors (Lipinski definition) is 6. The fraction of sp³-hybridized carbons (Fsp3) is 0.357. The summed E-state index contributed by atoms with van der Waals surface area (Å²) in [4.78, 5) is 20.2. The number of aryl methyl sites for hydroxylation is 1. The molecular formula is C14H18N6O. The molecule has 21 heavy (non-hydrogen) atoms. The number of nitrogens with zero attached hydrogens (tertiary/aromatic N) is 4. The zero-order valence-electron chi connectivity index (χ0n) is 12.1. The summed E-state index contributed by atoms with van der Waals surface area (Å²) in [6, 6.07) is 5.15. The van der Waals surface area contributed by atoms with Gasteiger partial charge in [0.2, 0.25) is 0 Å². The van der Waals surface area contributed by atoms with Gasteiger partial charge in [-0.3, -0.25) is 4.79 Å². The third-order valence-corrected chi connectivity index (χ3v) is 2.72. The molecule has 2 aromatic heterocycles. The van der Waals surface area contributed by atoms with Gasteiger partial charge in [-0.2, -0.15) is 0 Å². The van der Waals surface area contributed by atoms with E-state index in [0.29, 0.717) is 18.2 Å². The first-order valence-corrected chi connectivity index (χ1v) is 6.83. The van der Waals surface area contributed by atoms with E-state index in [1.807, 2.05) is 0 Å². The minimum atomic E-state index is -0.277. The molecule has 2 aromatic rings. The lowest BCUT2D eigenvalue weighted by Gasteiger charge is -2.05. The van der Waals surface area contributed by atoms with Crippen LogP contribution in [-0.4, -0.2) is 32.6 Å². The lowest BCUT2D eigenvalue weighted by molar-refractivity contribution is 0.0944. The molecule has 0 unspecified atom stereocenters. The normalized spacial score (nSPS) is 10.2. The first-order chi connectivity index (χ1) is 10.2. The summed E-state index contributed by atoms with van der Waals surface area (Å²) in [6.07, 6.45) is 2.67. The molecule has 0 radical (unpaired) electrons. The molecule has 0 aliphatic heterocycles. The molecule has 0 spiro atoms. The van der Waals surface area contributed by atoms with Gasteiger partial charge in [0, 0.05) is 12.7 Å². The molecule has 0 atom stereocenters. The van der Waals surface area contributed by atoms with E-state index in [4.69, 9.17) is 0 Å². The summed E-state index contributed by atoms with van der Waals surface area (Å²) in [5.41, 5.74) is 1.04. The van der Waals surface area contributed by atoms with Gasteiger partial charge in [-0.15, -0.1) is 10.2 Å². The molecule has 0 fully saturated rings. The topological polar surface area (TPSA) is 92.7 Å². The Morgan fingerprint density at radius 2 is 2.10 bits per heavy atom. The standard InChI is InChI=1S/C14H18N6O/c1-3-7-16-13-5-4-12(19-20-13)14(21)17-9-11-6-8-15-10(2)18-11/h4-6,8H,3,7,9H2,1-2H3,(H,16,20)(H,17,21). The Morgan fingerprint density at radius 1 is 1.24 bits per heavy atom. The van der Waals surface area contributed by atoms with E-state index in [2.05, 4.69) is 37.7 Å². The average Bonchev–Trinajstić information content (AvgIpc) is 2.51. The fourth-order valence-corrected chi connectivity index (χ4v) is 1.67. The van der Waals surface area contributed by atoms with Crippen LogP contribution in [0.2, 0.25) is 0 Å². The highest BCUT2D eigenvalue weighted by Crippen LogP contribution is 2.02. The third-order valence-electron chi connectivity index (χ3n) is 2.72. The molecule has 7 heteroatoms. The second-order valence-corrected chi connectivity index (χ2v) is 4.51. The lowest BCUT2D eigenvalue weighted by atomic mass is 10.3. The predicted octanol–water partition coefficient (Wildman–Crippen LogP) is 1.33. The van der Waals surface area contributed by atoms with Crippen molar-refractivity contribution in [2.45, 2.75) is 26.8 Å². The van der Waals surface area contributed by atoms with Crippen molar-refractivity contribution in [2.24, 2.45) is 0 Å². The van der Waals surface area contributed by atoms with Gasteiger partial charge in [0.15, 0.2) is 5.69 Å². The van der Waals surface area contributed by atoms with Gasteiger partial charge in [-0.1, -0.05) is 6.92 Å². The fourth-order valence-electron chi connectivity index (χ4n) is 1.67. The Kier molecular flexibility index (Phi) is 5.14. The largest absolute Gasteiger partial charge is 0.369 e. The van der Waals surface area contributed by atoms with Crippen molar-refractivity contribution in [3.05, 3.63) is 41.6 Å². The Bertz CT molecular complexity index is 599. The van der Waals surface area contributed by atoms with Crippen molar-refractivity contribution in [3.8, 4) is 0 Å². The average molecular weight is 286 g/mol. The van der Waals surface area contributed by atoms with Crippen LogP contribution in [0.15, 0.2) is 24.4 Å². The van der Waals surface area contributed by atoms with Crippen LogP contribution in [0, 0.1) is 6.92 Å². The number of amides is 1. The summed E-state index contributed by atoms with van der Waals surface area (Å²) in [6.45, 7) is 5.03. The molecule has 110 valence electrons. The molecule has 0 aliphatic carbocycles. The van der Waals surface area contributed by atoms with Crippen molar-refractivity contribution in [1.29, 1.82) is 0 Å². The highest BCUT2D eigenvalue weighted by molar-refractivity contribution is 5.92. The molecule has 2 rings (SSSR count). The van der Waals surface area contributed by atoms with Crippen LogP contribution in [-0.2, 0) is 6.54 Å². The maximum Gasteiger partial charge on any atom is 0.272 e. The first-order valence-electron chi connectivity index (χ1n) is 6.83. The van der Waals surface area contributed by atoms with Crippen molar-refractivity contribution in [3.63, 3.8) is 0 Å². The number of carbonyl (C=O) groups is 1.